The standard InChI is InChI=1S/C16H22N4O.HI/c17-16(19-14-6-7-14)18-9-13-8-15(21)20(11-13)10-12-4-2-1-3-5-12;/h1-5,13-14H,6-11H2,(H3,17,18,19);1H. The summed E-state index contributed by atoms with van der Waals surface area (Å²) in [6.45, 7) is 2.09. The molecule has 3 rings (SSSR count). The molecule has 22 heavy (non-hydrogen) atoms. The highest BCUT2D eigenvalue weighted by molar-refractivity contribution is 14.0. The number of aliphatic imine (C=N–C) groups is 1. The van der Waals surface area contributed by atoms with Crippen LogP contribution in [0.15, 0.2) is 35.3 Å². The van der Waals surface area contributed by atoms with Gasteiger partial charge < -0.3 is 16.0 Å². The van der Waals surface area contributed by atoms with Gasteiger partial charge in [0.1, 0.15) is 0 Å². The molecule has 1 saturated carbocycles. The Kier molecular flexibility index (Phi) is 6.05. The molecule has 0 aromatic heterocycles. The summed E-state index contributed by atoms with van der Waals surface area (Å²) >= 11 is 0. The van der Waals surface area contributed by atoms with E-state index < -0.39 is 0 Å². The van der Waals surface area contributed by atoms with Crippen molar-refractivity contribution in [3.8, 4) is 0 Å². The fourth-order valence-corrected chi connectivity index (χ4v) is 2.64. The van der Waals surface area contributed by atoms with Crippen LogP contribution in [0.2, 0.25) is 0 Å². The summed E-state index contributed by atoms with van der Waals surface area (Å²) in [6, 6.07) is 10.6. The predicted octanol–water partition coefficient (Wildman–Crippen LogP) is 1.72. The van der Waals surface area contributed by atoms with Gasteiger partial charge in [-0.1, -0.05) is 30.3 Å². The molecule has 0 spiro atoms. The zero-order valence-electron chi connectivity index (χ0n) is 12.6. The van der Waals surface area contributed by atoms with Gasteiger partial charge >= 0.3 is 0 Å². The normalized spacial score (nSPS) is 21.6. The summed E-state index contributed by atoms with van der Waals surface area (Å²) in [5, 5.41) is 3.17. The van der Waals surface area contributed by atoms with Crippen molar-refractivity contribution in [3.05, 3.63) is 35.9 Å². The van der Waals surface area contributed by atoms with Crippen molar-refractivity contribution in [1.29, 1.82) is 0 Å². The van der Waals surface area contributed by atoms with Crippen molar-refractivity contribution in [2.75, 3.05) is 13.1 Å². The van der Waals surface area contributed by atoms with Crippen LogP contribution in [0.1, 0.15) is 24.8 Å². The average molecular weight is 414 g/mol. The van der Waals surface area contributed by atoms with Crippen LogP contribution >= 0.6 is 24.0 Å². The molecule has 2 fully saturated rings. The van der Waals surface area contributed by atoms with Gasteiger partial charge in [0, 0.05) is 38.0 Å². The second-order valence-corrected chi connectivity index (χ2v) is 5.97. The summed E-state index contributed by atoms with van der Waals surface area (Å²) in [7, 11) is 0. The minimum absolute atomic E-state index is 0. The third-order valence-corrected chi connectivity index (χ3v) is 3.96. The van der Waals surface area contributed by atoms with Gasteiger partial charge in [-0.25, -0.2) is 0 Å². The molecule has 0 bridgehead atoms. The first-order valence-corrected chi connectivity index (χ1v) is 7.59. The Hall–Kier alpha value is -1.31. The molecule has 1 heterocycles. The van der Waals surface area contributed by atoms with Gasteiger partial charge in [0.2, 0.25) is 5.91 Å². The minimum Gasteiger partial charge on any atom is -0.370 e. The van der Waals surface area contributed by atoms with Crippen molar-refractivity contribution in [2.45, 2.75) is 31.8 Å². The second-order valence-electron chi connectivity index (χ2n) is 5.97. The molecule has 1 aliphatic heterocycles. The van der Waals surface area contributed by atoms with Crippen LogP contribution in [0.5, 0.6) is 0 Å². The van der Waals surface area contributed by atoms with Gasteiger partial charge in [0.25, 0.3) is 0 Å². The molecule has 1 saturated heterocycles. The molecule has 2 aliphatic rings. The zero-order valence-corrected chi connectivity index (χ0v) is 14.9. The molecule has 3 N–H and O–H groups in total. The Morgan fingerprint density at radius 2 is 2.05 bits per heavy atom. The number of carbonyl (C=O) groups excluding carboxylic acids is 1. The summed E-state index contributed by atoms with van der Waals surface area (Å²) in [4.78, 5) is 18.3. The smallest absolute Gasteiger partial charge is 0.223 e. The number of halogens is 1. The van der Waals surface area contributed by atoms with E-state index in [4.69, 9.17) is 5.73 Å². The lowest BCUT2D eigenvalue weighted by Crippen LogP contribution is -2.34. The fraction of sp³-hybridized carbons (Fsp3) is 0.500. The van der Waals surface area contributed by atoms with Gasteiger partial charge in [0.15, 0.2) is 5.96 Å². The number of amides is 1. The van der Waals surface area contributed by atoms with E-state index in [0.717, 1.165) is 6.54 Å². The van der Waals surface area contributed by atoms with E-state index >= 15 is 0 Å². The van der Waals surface area contributed by atoms with Crippen LogP contribution in [-0.2, 0) is 11.3 Å². The van der Waals surface area contributed by atoms with Crippen molar-refractivity contribution in [3.63, 3.8) is 0 Å². The summed E-state index contributed by atoms with van der Waals surface area (Å²) in [5.41, 5.74) is 7.00. The number of nitrogens with one attached hydrogen (secondary N) is 1. The maximum atomic E-state index is 12.1. The van der Waals surface area contributed by atoms with E-state index in [0.29, 0.717) is 31.5 Å². The number of rotatable bonds is 5. The number of guanidine groups is 1. The van der Waals surface area contributed by atoms with E-state index in [1.807, 2.05) is 23.1 Å². The van der Waals surface area contributed by atoms with Crippen molar-refractivity contribution < 1.29 is 4.79 Å². The van der Waals surface area contributed by atoms with E-state index in [1.54, 1.807) is 0 Å². The van der Waals surface area contributed by atoms with Crippen molar-refractivity contribution in [1.82, 2.24) is 10.2 Å². The number of carbonyl (C=O) groups is 1. The number of nitrogens with two attached hydrogens (primary N) is 1. The highest BCUT2D eigenvalue weighted by Crippen LogP contribution is 2.21. The SMILES string of the molecule is I.NC(=NCC1CC(=O)N(Cc2ccccc2)C1)NC1CC1. The third-order valence-electron chi connectivity index (χ3n) is 3.96. The summed E-state index contributed by atoms with van der Waals surface area (Å²) < 4.78 is 0. The first-order valence-electron chi connectivity index (χ1n) is 7.59. The molecule has 1 amide bonds. The van der Waals surface area contributed by atoms with E-state index in [9.17, 15) is 4.79 Å². The Morgan fingerprint density at radius 3 is 2.73 bits per heavy atom. The monoisotopic (exact) mass is 414 g/mol. The second kappa shape index (κ2) is 7.80. The molecule has 6 heteroatoms. The molecule has 5 nitrogen and oxygen atoms in total. The Labute approximate surface area is 148 Å². The topological polar surface area (TPSA) is 70.7 Å². The van der Waals surface area contributed by atoms with E-state index in [-0.39, 0.29) is 35.8 Å². The number of likely N-dealkylation sites (tertiary alicyclic amines) is 1. The Balaban J connectivity index is 0.00000176. The molecule has 1 unspecified atom stereocenters. The number of benzene rings is 1. The summed E-state index contributed by atoms with van der Waals surface area (Å²) in [5.74, 6) is 1.01. The molecule has 1 aromatic carbocycles. The predicted molar refractivity (Wildman–Crippen MR) is 98.0 cm³/mol. The van der Waals surface area contributed by atoms with Crippen LogP contribution in [0, 0.1) is 5.92 Å². The largest absolute Gasteiger partial charge is 0.370 e. The first-order chi connectivity index (χ1) is 10.2. The summed E-state index contributed by atoms with van der Waals surface area (Å²) in [6.07, 6.45) is 2.94. The maximum absolute atomic E-state index is 12.1. The highest BCUT2D eigenvalue weighted by atomic mass is 127. The maximum Gasteiger partial charge on any atom is 0.223 e. The van der Waals surface area contributed by atoms with E-state index in [2.05, 4.69) is 22.4 Å². The van der Waals surface area contributed by atoms with Crippen LogP contribution in [-0.4, -0.2) is 35.9 Å². The molecule has 120 valence electrons. The number of hydrogen-bond acceptors (Lipinski definition) is 2. The minimum atomic E-state index is 0. The van der Waals surface area contributed by atoms with Gasteiger partial charge in [0.05, 0.1) is 0 Å². The molecular weight excluding hydrogens is 391 g/mol. The van der Waals surface area contributed by atoms with Crippen molar-refractivity contribution >= 4 is 35.8 Å². The zero-order chi connectivity index (χ0) is 14.7. The quantitative estimate of drug-likeness (QED) is 0.438. The van der Waals surface area contributed by atoms with Crippen LogP contribution in [0.25, 0.3) is 0 Å². The van der Waals surface area contributed by atoms with Gasteiger partial charge in [-0.05, 0) is 18.4 Å². The van der Waals surface area contributed by atoms with Crippen LogP contribution < -0.4 is 11.1 Å². The highest BCUT2D eigenvalue weighted by Gasteiger charge is 2.29. The number of nitrogens with zero attached hydrogens (tertiary/aromatic N) is 2. The molecule has 1 atom stereocenters. The Bertz CT molecular complexity index is 530. The third kappa shape index (κ3) is 4.86. The lowest BCUT2D eigenvalue weighted by atomic mass is 10.1. The number of hydrogen-bond donors (Lipinski definition) is 2. The molecule has 1 aliphatic carbocycles. The van der Waals surface area contributed by atoms with Crippen LogP contribution in [0.3, 0.4) is 0 Å². The lowest BCUT2D eigenvalue weighted by Gasteiger charge is -2.16. The molecule has 1 aromatic rings. The van der Waals surface area contributed by atoms with E-state index in [1.165, 1.54) is 18.4 Å². The van der Waals surface area contributed by atoms with Crippen LogP contribution in [0.4, 0.5) is 0 Å². The molecular formula is C16H23IN4O. The van der Waals surface area contributed by atoms with Gasteiger partial charge in [-0.3, -0.25) is 9.79 Å². The van der Waals surface area contributed by atoms with Gasteiger partial charge in [-0.15, -0.1) is 24.0 Å². The average Bonchev–Trinajstić information content (AvgIpc) is 3.22. The fourth-order valence-electron chi connectivity index (χ4n) is 2.64. The first kappa shape index (κ1) is 17.1. The van der Waals surface area contributed by atoms with Crippen molar-refractivity contribution in [2.24, 2.45) is 16.6 Å². The Morgan fingerprint density at radius 1 is 1.32 bits per heavy atom. The molecule has 0 radical (unpaired) electrons. The van der Waals surface area contributed by atoms with Gasteiger partial charge in [-0.2, -0.15) is 0 Å². The lowest BCUT2D eigenvalue weighted by molar-refractivity contribution is -0.128.